The molecule has 1 N–H and O–H groups in total. The SMILES string of the molecule is O=C(O)c1cc2c(Cl)c(N3CCN(Cc4ccc(F)cc4)CC3)ccc2o1. The molecular formula is C20H18ClFN2O3. The summed E-state index contributed by atoms with van der Waals surface area (Å²) in [7, 11) is 0. The van der Waals surface area contributed by atoms with Gasteiger partial charge in [0, 0.05) is 44.2 Å². The number of fused-ring (bicyclic) bond motifs is 1. The second kappa shape index (κ2) is 7.21. The molecule has 0 atom stereocenters. The minimum atomic E-state index is -1.11. The monoisotopic (exact) mass is 388 g/mol. The summed E-state index contributed by atoms with van der Waals surface area (Å²) in [5.41, 5.74) is 2.43. The van der Waals surface area contributed by atoms with E-state index in [4.69, 9.17) is 21.1 Å². The summed E-state index contributed by atoms with van der Waals surface area (Å²) >= 11 is 6.53. The number of carbonyl (C=O) groups is 1. The molecule has 2 heterocycles. The first-order valence-electron chi connectivity index (χ1n) is 8.68. The molecule has 5 nitrogen and oxygen atoms in total. The van der Waals surface area contributed by atoms with Crippen molar-refractivity contribution < 1.29 is 18.7 Å². The van der Waals surface area contributed by atoms with E-state index in [1.54, 1.807) is 6.07 Å². The smallest absolute Gasteiger partial charge is 0.371 e. The van der Waals surface area contributed by atoms with Crippen molar-refractivity contribution in [2.24, 2.45) is 0 Å². The van der Waals surface area contributed by atoms with Gasteiger partial charge in [0.05, 0.1) is 10.7 Å². The zero-order valence-corrected chi connectivity index (χ0v) is 15.2. The molecule has 0 spiro atoms. The third-order valence-electron chi connectivity index (χ3n) is 4.86. The highest BCUT2D eigenvalue weighted by molar-refractivity contribution is 6.38. The fourth-order valence-corrected chi connectivity index (χ4v) is 3.74. The van der Waals surface area contributed by atoms with E-state index in [1.807, 2.05) is 18.2 Å². The van der Waals surface area contributed by atoms with E-state index < -0.39 is 5.97 Å². The summed E-state index contributed by atoms with van der Waals surface area (Å²) in [6.45, 7) is 4.10. The fourth-order valence-electron chi connectivity index (χ4n) is 3.41. The zero-order chi connectivity index (χ0) is 19.0. The summed E-state index contributed by atoms with van der Waals surface area (Å²) in [5.74, 6) is -1.45. The van der Waals surface area contributed by atoms with Crippen molar-refractivity contribution in [3.8, 4) is 0 Å². The lowest BCUT2D eigenvalue weighted by Crippen LogP contribution is -2.46. The molecule has 0 aliphatic carbocycles. The van der Waals surface area contributed by atoms with Crippen molar-refractivity contribution in [3.05, 3.63) is 64.6 Å². The first-order chi connectivity index (χ1) is 13.0. The molecule has 1 aliphatic rings. The predicted octanol–water partition coefficient (Wildman–Crippen LogP) is 4.25. The zero-order valence-electron chi connectivity index (χ0n) is 14.5. The Morgan fingerprint density at radius 1 is 1.11 bits per heavy atom. The number of benzene rings is 2. The van der Waals surface area contributed by atoms with Crippen molar-refractivity contribution in [2.45, 2.75) is 6.54 Å². The molecule has 1 aromatic heterocycles. The maximum absolute atomic E-state index is 13.0. The van der Waals surface area contributed by atoms with Gasteiger partial charge in [0.15, 0.2) is 0 Å². The van der Waals surface area contributed by atoms with Crippen molar-refractivity contribution in [3.63, 3.8) is 0 Å². The molecule has 1 aliphatic heterocycles. The van der Waals surface area contributed by atoms with Crippen LogP contribution in [0.15, 0.2) is 46.9 Å². The molecule has 1 fully saturated rings. The largest absolute Gasteiger partial charge is 0.475 e. The van der Waals surface area contributed by atoms with Crippen LogP contribution in [0.1, 0.15) is 16.1 Å². The summed E-state index contributed by atoms with van der Waals surface area (Å²) in [4.78, 5) is 15.6. The Morgan fingerprint density at radius 2 is 1.81 bits per heavy atom. The van der Waals surface area contributed by atoms with Crippen LogP contribution in [0.2, 0.25) is 5.02 Å². The number of piperazine rings is 1. The number of carboxylic acid groups (broad SMARTS) is 1. The van der Waals surface area contributed by atoms with Crippen LogP contribution in [-0.4, -0.2) is 42.2 Å². The van der Waals surface area contributed by atoms with Gasteiger partial charge in [-0.1, -0.05) is 23.7 Å². The number of nitrogens with zero attached hydrogens (tertiary/aromatic N) is 2. The Morgan fingerprint density at radius 3 is 2.48 bits per heavy atom. The van der Waals surface area contributed by atoms with E-state index in [-0.39, 0.29) is 11.6 Å². The molecular weight excluding hydrogens is 371 g/mol. The Hall–Kier alpha value is -2.57. The van der Waals surface area contributed by atoms with Gasteiger partial charge in [-0.3, -0.25) is 4.90 Å². The lowest BCUT2D eigenvalue weighted by atomic mass is 10.1. The Kier molecular flexibility index (Phi) is 4.76. The molecule has 2 aromatic carbocycles. The van der Waals surface area contributed by atoms with Crippen LogP contribution in [0, 0.1) is 5.82 Å². The van der Waals surface area contributed by atoms with Crippen molar-refractivity contribution in [1.82, 2.24) is 4.90 Å². The van der Waals surface area contributed by atoms with Crippen LogP contribution in [0.25, 0.3) is 11.0 Å². The van der Waals surface area contributed by atoms with Crippen LogP contribution < -0.4 is 4.90 Å². The van der Waals surface area contributed by atoms with Gasteiger partial charge in [0.1, 0.15) is 11.4 Å². The van der Waals surface area contributed by atoms with Gasteiger partial charge in [0.2, 0.25) is 5.76 Å². The van der Waals surface area contributed by atoms with E-state index in [0.29, 0.717) is 16.0 Å². The molecule has 1 saturated heterocycles. The van der Waals surface area contributed by atoms with Gasteiger partial charge < -0.3 is 14.4 Å². The maximum Gasteiger partial charge on any atom is 0.371 e. The summed E-state index contributed by atoms with van der Waals surface area (Å²) in [6, 6.07) is 11.7. The number of anilines is 1. The van der Waals surface area contributed by atoms with E-state index >= 15 is 0 Å². The highest BCUT2D eigenvalue weighted by atomic mass is 35.5. The van der Waals surface area contributed by atoms with E-state index in [2.05, 4.69) is 9.80 Å². The summed E-state index contributed by atoms with van der Waals surface area (Å²) in [5, 5.41) is 10.2. The van der Waals surface area contributed by atoms with Crippen LogP contribution in [0.3, 0.4) is 0 Å². The number of hydrogen-bond donors (Lipinski definition) is 1. The molecule has 3 aromatic rings. The van der Waals surface area contributed by atoms with Crippen molar-refractivity contribution >= 4 is 34.2 Å². The number of carboxylic acids is 1. The lowest BCUT2D eigenvalue weighted by molar-refractivity contribution is 0.0665. The van der Waals surface area contributed by atoms with Crippen LogP contribution in [0.5, 0.6) is 0 Å². The third kappa shape index (κ3) is 3.63. The first kappa shape index (κ1) is 17.8. The second-order valence-electron chi connectivity index (χ2n) is 6.62. The van der Waals surface area contributed by atoms with Gasteiger partial charge in [-0.15, -0.1) is 0 Å². The molecule has 0 bridgehead atoms. The quantitative estimate of drug-likeness (QED) is 0.724. The second-order valence-corrected chi connectivity index (χ2v) is 6.99. The molecule has 0 saturated carbocycles. The third-order valence-corrected chi connectivity index (χ3v) is 5.26. The van der Waals surface area contributed by atoms with Gasteiger partial charge >= 0.3 is 5.97 Å². The van der Waals surface area contributed by atoms with Crippen molar-refractivity contribution in [1.29, 1.82) is 0 Å². The average molecular weight is 389 g/mol. The highest BCUT2D eigenvalue weighted by Crippen LogP contribution is 2.35. The Bertz CT molecular complexity index is 979. The topological polar surface area (TPSA) is 56.9 Å². The Labute approximate surface area is 160 Å². The van der Waals surface area contributed by atoms with E-state index in [1.165, 1.54) is 18.2 Å². The molecule has 0 amide bonds. The van der Waals surface area contributed by atoms with Crippen LogP contribution >= 0.6 is 11.6 Å². The summed E-state index contributed by atoms with van der Waals surface area (Å²) < 4.78 is 18.3. The van der Waals surface area contributed by atoms with E-state index in [0.717, 1.165) is 44.0 Å². The predicted molar refractivity (Wildman–Crippen MR) is 102 cm³/mol. The number of aromatic carboxylic acids is 1. The number of furan rings is 1. The van der Waals surface area contributed by atoms with E-state index in [9.17, 15) is 9.18 Å². The number of hydrogen-bond acceptors (Lipinski definition) is 4. The van der Waals surface area contributed by atoms with Gasteiger partial charge in [0.25, 0.3) is 0 Å². The Balaban J connectivity index is 1.46. The van der Waals surface area contributed by atoms with Gasteiger partial charge in [-0.25, -0.2) is 9.18 Å². The minimum absolute atomic E-state index is 0.117. The molecule has 27 heavy (non-hydrogen) atoms. The molecule has 0 radical (unpaired) electrons. The van der Waals surface area contributed by atoms with Gasteiger partial charge in [-0.2, -0.15) is 0 Å². The van der Waals surface area contributed by atoms with Gasteiger partial charge in [-0.05, 0) is 29.8 Å². The number of rotatable bonds is 4. The fraction of sp³-hybridized carbons (Fsp3) is 0.250. The van der Waals surface area contributed by atoms with Crippen LogP contribution in [-0.2, 0) is 6.54 Å². The number of halogens is 2. The minimum Gasteiger partial charge on any atom is -0.475 e. The average Bonchev–Trinajstić information content (AvgIpc) is 3.11. The molecule has 140 valence electrons. The summed E-state index contributed by atoms with van der Waals surface area (Å²) in [6.07, 6.45) is 0. The highest BCUT2D eigenvalue weighted by Gasteiger charge is 2.21. The standard InChI is InChI=1S/C20H18ClFN2O3/c21-19-15-11-18(20(25)26)27-17(15)6-5-16(19)24-9-7-23(8-10-24)12-13-1-3-14(22)4-2-13/h1-6,11H,7-10,12H2,(H,25,26). The maximum atomic E-state index is 13.0. The molecule has 0 unspecified atom stereocenters. The normalized spacial score (nSPS) is 15.4. The molecule has 7 heteroatoms. The van der Waals surface area contributed by atoms with Crippen molar-refractivity contribution in [2.75, 3.05) is 31.1 Å². The first-order valence-corrected chi connectivity index (χ1v) is 9.06. The lowest BCUT2D eigenvalue weighted by Gasteiger charge is -2.36. The van der Waals surface area contributed by atoms with Crippen LogP contribution in [0.4, 0.5) is 10.1 Å². The molecule has 4 rings (SSSR count).